The van der Waals surface area contributed by atoms with Gasteiger partial charge in [0, 0.05) is 12.1 Å². The third-order valence-corrected chi connectivity index (χ3v) is 4.35. The van der Waals surface area contributed by atoms with Gasteiger partial charge >= 0.3 is 0 Å². The van der Waals surface area contributed by atoms with E-state index in [0.29, 0.717) is 4.64 Å². The summed E-state index contributed by atoms with van der Waals surface area (Å²) in [6, 6.07) is 8.47. The molecule has 4 heteroatoms. The fourth-order valence-corrected chi connectivity index (χ4v) is 2.70. The van der Waals surface area contributed by atoms with E-state index in [0.717, 1.165) is 35.3 Å². The second-order valence-corrected chi connectivity index (χ2v) is 5.88. The molecule has 0 unspecified atom stereocenters. The van der Waals surface area contributed by atoms with Crippen molar-refractivity contribution in [1.82, 2.24) is 9.97 Å². The van der Waals surface area contributed by atoms with Crippen LogP contribution < -0.4 is 0 Å². The summed E-state index contributed by atoms with van der Waals surface area (Å²) >= 11 is 8.82. The van der Waals surface area contributed by atoms with Crippen molar-refractivity contribution in [2.24, 2.45) is 0 Å². The first kappa shape index (κ1) is 14.4. The highest BCUT2D eigenvalue weighted by Crippen LogP contribution is 2.18. The number of hydrogen-bond acceptors (Lipinski definition) is 2. The molecule has 2 nitrogen and oxygen atoms in total. The molecule has 0 aliphatic rings. The van der Waals surface area contributed by atoms with Gasteiger partial charge in [0.15, 0.2) is 0 Å². The fraction of sp³-hybridized carbons (Fsp3) is 0.333. The van der Waals surface area contributed by atoms with Gasteiger partial charge in [-0.1, -0.05) is 55.4 Å². The Morgan fingerprint density at radius 1 is 1.37 bits per heavy atom. The Labute approximate surface area is 127 Å². The van der Waals surface area contributed by atoms with E-state index in [1.165, 1.54) is 11.1 Å². The third-order valence-electron chi connectivity index (χ3n) is 2.94. The van der Waals surface area contributed by atoms with Gasteiger partial charge in [0.2, 0.25) is 0 Å². The lowest BCUT2D eigenvalue weighted by Crippen LogP contribution is -2.02. The molecular formula is C15H17BrN2S. The highest BCUT2D eigenvalue weighted by Gasteiger charge is 2.06. The number of benzene rings is 1. The molecule has 1 aromatic carbocycles. The second-order valence-electron chi connectivity index (χ2n) is 4.70. The predicted octanol–water partition coefficient (Wildman–Crippen LogP) is 4.75. The van der Waals surface area contributed by atoms with Gasteiger partial charge in [-0.15, -0.1) is 0 Å². The second kappa shape index (κ2) is 6.44. The zero-order chi connectivity index (χ0) is 13.8. The zero-order valence-electron chi connectivity index (χ0n) is 11.2. The van der Waals surface area contributed by atoms with Crippen LogP contribution in [0.5, 0.6) is 0 Å². The van der Waals surface area contributed by atoms with Gasteiger partial charge in [-0.25, -0.2) is 4.98 Å². The van der Waals surface area contributed by atoms with E-state index in [-0.39, 0.29) is 0 Å². The smallest absolute Gasteiger partial charge is 0.144 e. The molecule has 2 rings (SSSR count). The molecule has 0 saturated carbocycles. The van der Waals surface area contributed by atoms with Crippen molar-refractivity contribution in [3.63, 3.8) is 0 Å². The molecule has 0 bridgehead atoms. The van der Waals surface area contributed by atoms with Crippen LogP contribution in [-0.4, -0.2) is 9.97 Å². The van der Waals surface area contributed by atoms with Gasteiger partial charge < -0.3 is 4.98 Å². The summed E-state index contributed by atoms with van der Waals surface area (Å²) in [5.41, 5.74) is 3.66. The van der Waals surface area contributed by atoms with E-state index in [4.69, 9.17) is 12.2 Å². The minimum absolute atomic E-state index is 0.643. The standard InChI is InChI=1S/C15H17BrN2S/c1-3-5-12-14(16)15(19)18-13(17-12)9-11-7-4-6-10(2)8-11/h4,6-8H,3,5,9H2,1-2H3,(H,17,18,19). The number of nitrogens with one attached hydrogen (secondary N) is 1. The average molecular weight is 337 g/mol. The van der Waals surface area contributed by atoms with Crippen LogP contribution in [0.2, 0.25) is 0 Å². The Balaban J connectivity index is 2.33. The van der Waals surface area contributed by atoms with Gasteiger partial charge in [-0.2, -0.15) is 0 Å². The van der Waals surface area contributed by atoms with Gasteiger partial charge in [-0.05, 0) is 34.8 Å². The molecule has 0 atom stereocenters. The number of rotatable bonds is 4. The summed E-state index contributed by atoms with van der Waals surface area (Å²) in [7, 11) is 0. The number of nitrogens with zero attached hydrogens (tertiary/aromatic N) is 1. The normalized spacial score (nSPS) is 10.7. The molecule has 0 aliphatic heterocycles. The summed E-state index contributed by atoms with van der Waals surface area (Å²) in [6.45, 7) is 4.26. The Kier molecular flexibility index (Phi) is 4.88. The largest absolute Gasteiger partial charge is 0.346 e. The van der Waals surface area contributed by atoms with E-state index < -0.39 is 0 Å². The lowest BCUT2D eigenvalue weighted by molar-refractivity contribution is 0.829. The summed E-state index contributed by atoms with van der Waals surface area (Å²) in [5.74, 6) is 0.933. The van der Waals surface area contributed by atoms with E-state index in [9.17, 15) is 0 Å². The van der Waals surface area contributed by atoms with Crippen LogP contribution in [0.1, 0.15) is 36.0 Å². The van der Waals surface area contributed by atoms with E-state index in [1.54, 1.807) is 0 Å². The molecule has 1 heterocycles. The Morgan fingerprint density at radius 2 is 2.16 bits per heavy atom. The number of aromatic amines is 1. The van der Waals surface area contributed by atoms with Crippen molar-refractivity contribution in [2.75, 3.05) is 0 Å². The molecule has 19 heavy (non-hydrogen) atoms. The minimum Gasteiger partial charge on any atom is -0.346 e. The van der Waals surface area contributed by atoms with Gasteiger partial charge in [0.05, 0.1) is 4.47 Å². The monoisotopic (exact) mass is 336 g/mol. The first-order valence-electron chi connectivity index (χ1n) is 6.43. The number of aromatic nitrogens is 2. The fourth-order valence-electron chi connectivity index (χ4n) is 2.08. The van der Waals surface area contributed by atoms with E-state index >= 15 is 0 Å². The molecule has 0 saturated heterocycles. The summed E-state index contributed by atoms with van der Waals surface area (Å²) < 4.78 is 1.57. The summed E-state index contributed by atoms with van der Waals surface area (Å²) in [5, 5.41) is 0. The van der Waals surface area contributed by atoms with E-state index in [1.807, 2.05) is 0 Å². The lowest BCUT2D eigenvalue weighted by atomic mass is 10.1. The van der Waals surface area contributed by atoms with Crippen LogP contribution in [0.4, 0.5) is 0 Å². The lowest BCUT2D eigenvalue weighted by Gasteiger charge is -2.08. The van der Waals surface area contributed by atoms with Crippen molar-refractivity contribution in [1.29, 1.82) is 0 Å². The maximum Gasteiger partial charge on any atom is 0.144 e. The Morgan fingerprint density at radius 3 is 2.84 bits per heavy atom. The minimum atomic E-state index is 0.643. The van der Waals surface area contributed by atoms with Crippen LogP contribution >= 0.6 is 28.1 Å². The predicted molar refractivity (Wildman–Crippen MR) is 85.1 cm³/mol. The van der Waals surface area contributed by atoms with Crippen molar-refractivity contribution < 1.29 is 0 Å². The van der Waals surface area contributed by atoms with Gasteiger partial charge in [0.25, 0.3) is 0 Å². The Hall–Kier alpha value is -1.00. The molecule has 0 aliphatic carbocycles. The van der Waals surface area contributed by atoms with Gasteiger partial charge in [0.1, 0.15) is 10.5 Å². The number of aryl methyl sites for hydroxylation is 2. The first-order chi connectivity index (χ1) is 9.10. The molecule has 0 radical (unpaired) electrons. The quantitative estimate of drug-likeness (QED) is 0.816. The van der Waals surface area contributed by atoms with Crippen LogP contribution in [-0.2, 0) is 12.8 Å². The molecule has 0 fully saturated rings. The van der Waals surface area contributed by atoms with Crippen molar-refractivity contribution in [3.05, 3.63) is 56.0 Å². The van der Waals surface area contributed by atoms with Gasteiger partial charge in [-0.3, -0.25) is 0 Å². The van der Waals surface area contributed by atoms with Crippen LogP contribution in [0, 0.1) is 11.6 Å². The average Bonchev–Trinajstić information content (AvgIpc) is 2.35. The summed E-state index contributed by atoms with van der Waals surface area (Å²) in [4.78, 5) is 7.85. The van der Waals surface area contributed by atoms with Crippen LogP contribution in [0.3, 0.4) is 0 Å². The van der Waals surface area contributed by atoms with E-state index in [2.05, 4.69) is 64.0 Å². The third kappa shape index (κ3) is 3.74. The summed E-state index contributed by atoms with van der Waals surface area (Å²) in [6.07, 6.45) is 2.85. The maximum atomic E-state index is 5.31. The SMILES string of the molecule is CCCc1[nH]c(Cc2cccc(C)c2)nc(=S)c1Br. The van der Waals surface area contributed by atoms with Crippen LogP contribution in [0.25, 0.3) is 0 Å². The maximum absolute atomic E-state index is 5.31. The molecule has 2 aromatic rings. The molecular weight excluding hydrogens is 320 g/mol. The Bertz CT molecular complexity index is 634. The topological polar surface area (TPSA) is 28.7 Å². The molecule has 1 aromatic heterocycles. The highest BCUT2D eigenvalue weighted by atomic mass is 79.9. The number of halogens is 1. The molecule has 100 valence electrons. The first-order valence-corrected chi connectivity index (χ1v) is 7.63. The zero-order valence-corrected chi connectivity index (χ0v) is 13.6. The molecule has 1 N–H and O–H groups in total. The molecule has 0 amide bonds. The van der Waals surface area contributed by atoms with Crippen LogP contribution in [0.15, 0.2) is 28.7 Å². The number of hydrogen-bond donors (Lipinski definition) is 1. The van der Waals surface area contributed by atoms with Crippen molar-refractivity contribution in [3.8, 4) is 0 Å². The van der Waals surface area contributed by atoms with Crippen molar-refractivity contribution in [2.45, 2.75) is 33.1 Å². The van der Waals surface area contributed by atoms with Crippen molar-refractivity contribution >= 4 is 28.1 Å². The number of H-pyrrole nitrogens is 1. The highest BCUT2D eigenvalue weighted by molar-refractivity contribution is 9.10. The molecule has 0 spiro atoms.